The van der Waals surface area contributed by atoms with E-state index in [0.29, 0.717) is 36.0 Å². The maximum absolute atomic E-state index is 11.8. The highest BCUT2D eigenvalue weighted by atomic mass is 16.5. The van der Waals surface area contributed by atoms with Crippen LogP contribution >= 0.6 is 0 Å². The number of nitrogens with two attached hydrogens (primary N) is 1. The minimum atomic E-state index is -0.551. The quantitative estimate of drug-likeness (QED) is 0.697. The van der Waals surface area contributed by atoms with Crippen molar-refractivity contribution in [2.24, 2.45) is 5.73 Å². The van der Waals surface area contributed by atoms with Crippen molar-refractivity contribution in [3.63, 3.8) is 0 Å². The van der Waals surface area contributed by atoms with E-state index in [9.17, 15) is 9.59 Å². The van der Waals surface area contributed by atoms with Crippen molar-refractivity contribution in [2.45, 2.75) is 26.3 Å². The lowest BCUT2D eigenvalue weighted by Crippen LogP contribution is -2.27. The van der Waals surface area contributed by atoms with Gasteiger partial charge in [0, 0.05) is 24.6 Å². The Morgan fingerprint density at radius 1 is 1.35 bits per heavy atom. The molecule has 1 aromatic rings. The van der Waals surface area contributed by atoms with Crippen LogP contribution in [0.1, 0.15) is 30.6 Å². The fourth-order valence-electron chi connectivity index (χ4n) is 1.65. The fraction of sp³-hybridized carbons (Fsp3) is 0.429. The third-order valence-corrected chi connectivity index (χ3v) is 2.66. The van der Waals surface area contributed by atoms with Crippen LogP contribution < -0.4 is 21.1 Å². The highest BCUT2D eigenvalue weighted by molar-refractivity contribution is 5.97. The average Bonchev–Trinajstić information content (AvgIpc) is 2.38. The molecule has 0 fully saturated rings. The molecule has 0 radical (unpaired) electrons. The summed E-state index contributed by atoms with van der Waals surface area (Å²) in [4.78, 5) is 23.0. The van der Waals surface area contributed by atoms with Gasteiger partial charge in [-0.15, -0.1) is 0 Å². The van der Waals surface area contributed by atoms with Crippen LogP contribution in [-0.4, -0.2) is 31.5 Å². The number of methoxy groups -OCH3 is 1. The standard InChI is InChI=1S/C14H21N3O3/c1-9(2)16-7-6-13(18)17-11-8-10(14(15)19)4-5-12(11)20-3/h4-5,8-9,16H,6-7H2,1-3H3,(H2,15,19)(H,17,18). The van der Waals surface area contributed by atoms with Gasteiger partial charge in [-0.05, 0) is 18.2 Å². The van der Waals surface area contributed by atoms with Crippen molar-refractivity contribution in [1.29, 1.82) is 0 Å². The van der Waals surface area contributed by atoms with E-state index < -0.39 is 5.91 Å². The molecule has 0 aliphatic rings. The van der Waals surface area contributed by atoms with Crippen molar-refractivity contribution in [1.82, 2.24) is 5.32 Å². The minimum Gasteiger partial charge on any atom is -0.495 e. The number of carbonyl (C=O) groups is 2. The lowest BCUT2D eigenvalue weighted by molar-refractivity contribution is -0.116. The van der Waals surface area contributed by atoms with Crippen LogP contribution in [0.5, 0.6) is 5.75 Å². The Kier molecular flexibility index (Phi) is 5.99. The SMILES string of the molecule is COc1ccc(C(N)=O)cc1NC(=O)CCNC(C)C. The van der Waals surface area contributed by atoms with Crippen LogP contribution in [0.2, 0.25) is 0 Å². The van der Waals surface area contributed by atoms with E-state index in [1.807, 2.05) is 13.8 Å². The van der Waals surface area contributed by atoms with Crippen molar-refractivity contribution in [3.05, 3.63) is 23.8 Å². The maximum atomic E-state index is 11.8. The van der Waals surface area contributed by atoms with Gasteiger partial charge >= 0.3 is 0 Å². The fourth-order valence-corrected chi connectivity index (χ4v) is 1.65. The molecule has 2 amide bonds. The van der Waals surface area contributed by atoms with Gasteiger partial charge in [-0.3, -0.25) is 9.59 Å². The number of amides is 2. The Hall–Kier alpha value is -2.08. The first-order valence-electron chi connectivity index (χ1n) is 6.45. The van der Waals surface area contributed by atoms with Gasteiger partial charge < -0.3 is 21.1 Å². The molecule has 0 bridgehead atoms. The lowest BCUT2D eigenvalue weighted by Gasteiger charge is -2.12. The molecule has 0 aromatic heterocycles. The molecule has 0 atom stereocenters. The molecule has 6 nitrogen and oxygen atoms in total. The number of nitrogens with one attached hydrogen (secondary N) is 2. The first-order valence-corrected chi connectivity index (χ1v) is 6.45. The number of anilines is 1. The zero-order valence-corrected chi connectivity index (χ0v) is 12.0. The molecule has 20 heavy (non-hydrogen) atoms. The van der Waals surface area contributed by atoms with E-state index in [-0.39, 0.29) is 5.91 Å². The molecular formula is C14H21N3O3. The number of ether oxygens (including phenoxy) is 1. The summed E-state index contributed by atoms with van der Waals surface area (Å²) in [5, 5.41) is 5.87. The van der Waals surface area contributed by atoms with E-state index in [1.54, 1.807) is 12.1 Å². The molecule has 0 aliphatic heterocycles. The monoisotopic (exact) mass is 279 g/mol. The predicted molar refractivity (Wildman–Crippen MR) is 77.9 cm³/mol. The third-order valence-electron chi connectivity index (χ3n) is 2.66. The Morgan fingerprint density at radius 2 is 2.05 bits per heavy atom. The van der Waals surface area contributed by atoms with Gasteiger partial charge in [-0.25, -0.2) is 0 Å². The number of carbonyl (C=O) groups excluding carboxylic acids is 2. The average molecular weight is 279 g/mol. The molecule has 1 rings (SSSR count). The van der Waals surface area contributed by atoms with E-state index in [2.05, 4.69) is 10.6 Å². The molecule has 0 aliphatic carbocycles. The smallest absolute Gasteiger partial charge is 0.248 e. The molecule has 0 heterocycles. The zero-order chi connectivity index (χ0) is 15.1. The summed E-state index contributed by atoms with van der Waals surface area (Å²) in [7, 11) is 1.50. The second-order valence-corrected chi connectivity index (χ2v) is 4.69. The van der Waals surface area contributed by atoms with E-state index in [4.69, 9.17) is 10.5 Å². The molecule has 4 N–H and O–H groups in total. The van der Waals surface area contributed by atoms with Crippen LogP contribution in [0, 0.1) is 0 Å². The van der Waals surface area contributed by atoms with Gasteiger partial charge in [0.05, 0.1) is 12.8 Å². The predicted octanol–water partition coefficient (Wildman–Crippen LogP) is 1.12. The van der Waals surface area contributed by atoms with E-state index in [0.717, 1.165) is 0 Å². The largest absolute Gasteiger partial charge is 0.495 e. The Labute approximate surface area is 118 Å². The zero-order valence-electron chi connectivity index (χ0n) is 12.0. The van der Waals surface area contributed by atoms with Crippen LogP contribution in [0.4, 0.5) is 5.69 Å². The summed E-state index contributed by atoms with van der Waals surface area (Å²) in [6, 6.07) is 4.99. The summed E-state index contributed by atoms with van der Waals surface area (Å²) in [5.74, 6) is -0.220. The molecule has 0 saturated heterocycles. The summed E-state index contributed by atoms with van der Waals surface area (Å²) in [5.41, 5.74) is 5.98. The first-order chi connectivity index (χ1) is 9.43. The second-order valence-electron chi connectivity index (χ2n) is 4.69. The number of primary amides is 1. The normalized spacial score (nSPS) is 10.4. The molecule has 110 valence electrons. The molecule has 6 heteroatoms. The van der Waals surface area contributed by atoms with Crippen molar-refractivity contribution in [2.75, 3.05) is 19.0 Å². The van der Waals surface area contributed by atoms with Gasteiger partial charge in [-0.1, -0.05) is 13.8 Å². The molecule has 0 saturated carbocycles. The lowest BCUT2D eigenvalue weighted by atomic mass is 10.1. The summed E-state index contributed by atoms with van der Waals surface area (Å²) < 4.78 is 5.14. The molecule has 1 aromatic carbocycles. The van der Waals surface area contributed by atoms with Crippen LogP contribution in [-0.2, 0) is 4.79 Å². The third kappa shape index (κ3) is 4.89. The Bertz CT molecular complexity index is 487. The van der Waals surface area contributed by atoms with Gasteiger partial charge in [0.25, 0.3) is 0 Å². The molecule has 0 unspecified atom stereocenters. The summed E-state index contributed by atoms with van der Waals surface area (Å²) in [6.45, 7) is 4.61. The van der Waals surface area contributed by atoms with E-state index in [1.165, 1.54) is 13.2 Å². The van der Waals surface area contributed by atoms with Gasteiger partial charge in [0.2, 0.25) is 11.8 Å². The number of rotatable bonds is 7. The van der Waals surface area contributed by atoms with Crippen LogP contribution in [0.25, 0.3) is 0 Å². The van der Waals surface area contributed by atoms with Gasteiger partial charge in [0.15, 0.2) is 0 Å². The highest BCUT2D eigenvalue weighted by Crippen LogP contribution is 2.25. The van der Waals surface area contributed by atoms with Crippen molar-refractivity contribution < 1.29 is 14.3 Å². The van der Waals surface area contributed by atoms with E-state index >= 15 is 0 Å². The topological polar surface area (TPSA) is 93.4 Å². The number of hydrogen-bond donors (Lipinski definition) is 3. The van der Waals surface area contributed by atoms with Crippen molar-refractivity contribution in [3.8, 4) is 5.75 Å². The summed E-state index contributed by atoms with van der Waals surface area (Å²) >= 11 is 0. The van der Waals surface area contributed by atoms with Crippen LogP contribution in [0.3, 0.4) is 0 Å². The van der Waals surface area contributed by atoms with Gasteiger partial charge in [0.1, 0.15) is 5.75 Å². The summed E-state index contributed by atoms with van der Waals surface area (Å²) in [6.07, 6.45) is 0.335. The Morgan fingerprint density at radius 3 is 2.60 bits per heavy atom. The highest BCUT2D eigenvalue weighted by Gasteiger charge is 2.10. The maximum Gasteiger partial charge on any atom is 0.248 e. The van der Waals surface area contributed by atoms with Gasteiger partial charge in [-0.2, -0.15) is 0 Å². The van der Waals surface area contributed by atoms with Crippen molar-refractivity contribution >= 4 is 17.5 Å². The minimum absolute atomic E-state index is 0.155. The Balaban J connectivity index is 2.71. The molecular weight excluding hydrogens is 258 g/mol. The van der Waals surface area contributed by atoms with Crippen LogP contribution in [0.15, 0.2) is 18.2 Å². The molecule has 0 spiro atoms. The second kappa shape index (κ2) is 7.49. The number of benzene rings is 1. The number of hydrogen-bond acceptors (Lipinski definition) is 4. The first kappa shape index (κ1) is 16.0.